The Bertz CT molecular complexity index is 1210. The monoisotopic (exact) mass is 600 g/mol. The van der Waals surface area contributed by atoms with E-state index in [4.69, 9.17) is 27.9 Å². The normalized spacial score (nSPS) is 19.6. The fourth-order valence-electron chi connectivity index (χ4n) is 4.30. The number of fused-ring (bicyclic) bond motifs is 1. The van der Waals surface area contributed by atoms with Crippen molar-refractivity contribution in [2.24, 2.45) is 0 Å². The third-order valence-electron chi connectivity index (χ3n) is 6.24. The first-order valence-corrected chi connectivity index (χ1v) is 12.8. The van der Waals surface area contributed by atoms with E-state index in [2.05, 4.69) is 15.4 Å². The van der Waals surface area contributed by atoms with E-state index in [1.165, 1.54) is 18.2 Å². The molecule has 0 bridgehead atoms. The molecule has 1 aromatic carbocycles. The maximum Gasteiger partial charge on any atom is 0.407 e. The van der Waals surface area contributed by atoms with Crippen LogP contribution in [-0.4, -0.2) is 95.0 Å². The number of rotatable bonds is 9. The molecule has 2 heterocycles. The second kappa shape index (κ2) is 13.4. The highest BCUT2D eigenvalue weighted by molar-refractivity contribution is 6.39. The summed E-state index contributed by atoms with van der Waals surface area (Å²) in [6.45, 7) is -0.779. The van der Waals surface area contributed by atoms with Crippen LogP contribution in [0.3, 0.4) is 0 Å². The fourth-order valence-corrected chi connectivity index (χ4v) is 4.85. The molecule has 2 aliphatic rings. The van der Waals surface area contributed by atoms with E-state index in [1.807, 2.05) is 0 Å². The molecule has 3 N–H and O–H groups in total. The van der Waals surface area contributed by atoms with Gasteiger partial charge in [-0.05, 0) is 31.4 Å². The van der Waals surface area contributed by atoms with Crippen LogP contribution in [0.1, 0.15) is 42.5 Å². The molecule has 14 nitrogen and oxygen atoms in total. The number of hydrogen-bond donors (Lipinski definition) is 3. The number of esters is 1. The van der Waals surface area contributed by atoms with E-state index in [0.29, 0.717) is 6.42 Å². The molecule has 2 aliphatic heterocycles. The molecule has 3 rings (SSSR count). The van der Waals surface area contributed by atoms with Crippen molar-refractivity contribution in [1.29, 1.82) is 0 Å². The molecular formula is C24H26Cl2N4O10. The third-order valence-corrected chi connectivity index (χ3v) is 6.87. The van der Waals surface area contributed by atoms with Crippen LogP contribution < -0.4 is 10.6 Å². The highest BCUT2D eigenvalue weighted by atomic mass is 35.5. The molecule has 0 aromatic heterocycles. The number of benzene rings is 1. The van der Waals surface area contributed by atoms with E-state index >= 15 is 0 Å². The Hall–Kier alpha value is -3.91. The molecule has 16 heteroatoms. The van der Waals surface area contributed by atoms with Gasteiger partial charge in [-0.25, -0.2) is 14.6 Å². The lowest BCUT2D eigenvalue weighted by molar-refractivity contribution is -0.176. The molecule has 0 unspecified atom stereocenters. The number of ether oxygens (including phenoxy) is 2. The van der Waals surface area contributed by atoms with Crippen LogP contribution in [0.5, 0.6) is 0 Å². The van der Waals surface area contributed by atoms with Crippen molar-refractivity contribution < 1.29 is 48.1 Å². The van der Waals surface area contributed by atoms with Crippen molar-refractivity contribution >= 4 is 64.7 Å². The Morgan fingerprint density at radius 3 is 2.42 bits per heavy atom. The van der Waals surface area contributed by atoms with Crippen LogP contribution in [-0.2, 0) is 33.4 Å². The second-order valence-electron chi connectivity index (χ2n) is 8.88. The molecule has 0 spiro atoms. The van der Waals surface area contributed by atoms with E-state index < -0.39 is 72.7 Å². The van der Waals surface area contributed by atoms with Gasteiger partial charge in [0.15, 0.2) is 12.4 Å². The van der Waals surface area contributed by atoms with E-state index in [0.717, 1.165) is 17.1 Å². The van der Waals surface area contributed by atoms with Crippen LogP contribution in [0, 0.1) is 0 Å². The van der Waals surface area contributed by atoms with Gasteiger partial charge in [-0.1, -0.05) is 29.3 Å². The minimum absolute atomic E-state index is 0.0288. The number of carboxylic acid groups (broad SMARTS) is 1. The third kappa shape index (κ3) is 7.18. The Morgan fingerprint density at radius 2 is 1.80 bits per heavy atom. The molecule has 4 amide bonds. The Labute approximate surface area is 237 Å². The van der Waals surface area contributed by atoms with Crippen LogP contribution >= 0.6 is 23.2 Å². The molecule has 2 saturated heterocycles. The van der Waals surface area contributed by atoms with Gasteiger partial charge in [0.25, 0.3) is 5.91 Å². The number of methoxy groups -OCH3 is 1. The summed E-state index contributed by atoms with van der Waals surface area (Å²) in [6.07, 6.45) is -1.47. The number of nitrogens with zero attached hydrogens (tertiary/aromatic N) is 2. The summed E-state index contributed by atoms with van der Waals surface area (Å²) >= 11 is 11.9. The number of halogens is 2. The van der Waals surface area contributed by atoms with Crippen LogP contribution in [0.15, 0.2) is 18.2 Å². The average Bonchev–Trinajstić information content (AvgIpc) is 3.02. The predicted octanol–water partition coefficient (Wildman–Crippen LogP) is 0.932. The molecule has 0 radical (unpaired) electrons. The molecule has 40 heavy (non-hydrogen) atoms. The molecule has 0 aliphatic carbocycles. The topological polar surface area (TPSA) is 189 Å². The molecule has 3 atom stereocenters. The lowest BCUT2D eigenvalue weighted by atomic mass is 10.0. The summed E-state index contributed by atoms with van der Waals surface area (Å²) in [5.74, 6) is -5.54. The predicted molar refractivity (Wildman–Crippen MR) is 136 cm³/mol. The Balaban J connectivity index is 1.76. The number of hydrogen-bond acceptors (Lipinski definition) is 9. The van der Waals surface area contributed by atoms with Gasteiger partial charge in [-0.15, -0.1) is 0 Å². The minimum atomic E-state index is -1.64. The first kappa shape index (κ1) is 30.6. The molecule has 2 fully saturated rings. The second-order valence-corrected chi connectivity index (χ2v) is 9.70. The standard InChI is InChI=1S/C24H26Cl2N4O10/c1-39-24(38)28-14-7-8-18(32)29-9-3-6-16(30(29)22(14)36)21(35)27-15(10-19(33)34)17(31)11-40-23(37)20-12(25)4-2-5-13(20)26/h2,4-5,14-16H,3,6-11H2,1H3,(H,27,35)(H,28,38)(H,33,34)/t14-,15-,16-/m0/s1. The van der Waals surface area contributed by atoms with Crippen LogP contribution in [0.25, 0.3) is 0 Å². The van der Waals surface area contributed by atoms with Crippen molar-refractivity contribution in [2.75, 3.05) is 20.3 Å². The number of carboxylic acids is 1. The summed E-state index contributed by atoms with van der Waals surface area (Å²) in [4.78, 5) is 87.7. The smallest absolute Gasteiger partial charge is 0.407 e. The minimum Gasteiger partial charge on any atom is -0.481 e. The number of hydrazine groups is 1. The number of amides is 4. The van der Waals surface area contributed by atoms with Crippen molar-refractivity contribution in [3.8, 4) is 0 Å². The highest BCUT2D eigenvalue weighted by Gasteiger charge is 2.45. The van der Waals surface area contributed by atoms with Crippen LogP contribution in [0.4, 0.5) is 4.79 Å². The highest BCUT2D eigenvalue weighted by Crippen LogP contribution is 2.26. The first-order valence-electron chi connectivity index (χ1n) is 12.1. The molecule has 216 valence electrons. The van der Waals surface area contributed by atoms with Crippen molar-refractivity contribution in [3.05, 3.63) is 33.8 Å². The number of Topliss-reactive ketones (excluding diaryl/α,β-unsaturated/α-hetero) is 1. The number of aliphatic carboxylic acids is 1. The van der Waals surface area contributed by atoms with E-state index in [-0.39, 0.29) is 41.4 Å². The van der Waals surface area contributed by atoms with Crippen molar-refractivity contribution in [1.82, 2.24) is 20.7 Å². The van der Waals surface area contributed by atoms with Crippen molar-refractivity contribution in [2.45, 2.75) is 50.2 Å². The van der Waals surface area contributed by atoms with Gasteiger partial charge in [0.1, 0.15) is 18.1 Å². The van der Waals surface area contributed by atoms with Gasteiger partial charge in [-0.2, -0.15) is 0 Å². The molecule has 1 aromatic rings. The Kier molecular flexibility index (Phi) is 10.3. The Morgan fingerprint density at radius 1 is 1.12 bits per heavy atom. The number of nitrogens with one attached hydrogen (secondary N) is 2. The molecular weight excluding hydrogens is 575 g/mol. The van der Waals surface area contributed by atoms with Gasteiger partial charge in [0.2, 0.25) is 11.8 Å². The summed E-state index contributed by atoms with van der Waals surface area (Å²) in [5, 5.41) is 15.9. The molecule has 0 saturated carbocycles. The zero-order valence-corrected chi connectivity index (χ0v) is 22.7. The zero-order valence-electron chi connectivity index (χ0n) is 21.2. The summed E-state index contributed by atoms with van der Waals surface area (Å²) in [6, 6.07) is 0.158. The lowest BCUT2D eigenvalue weighted by Crippen LogP contribution is -2.64. The SMILES string of the molecule is COC(=O)N[C@H]1CCC(=O)N2CCC[C@@H](C(=O)N[C@@H](CC(=O)O)C(=O)COC(=O)c3c(Cl)cccc3Cl)N2C1=O. The summed E-state index contributed by atoms with van der Waals surface area (Å²) in [7, 11) is 1.10. The maximum atomic E-state index is 13.3. The first-order chi connectivity index (χ1) is 18.9. The summed E-state index contributed by atoms with van der Waals surface area (Å²) < 4.78 is 9.50. The zero-order chi connectivity index (χ0) is 29.6. The van der Waals surface area contributed by atoms with Gasteiger partial charge in [0, 0.05) is 13.0 Å². The largest absolute Gasteiger partial charge is 0.481 e. The fraction of sp³-hybridized carbons (Fsp3) is 0.458. The van der Waals surface area contributed by atoms with Gasteiger partial charge < -0.3 is 25.2 Å². The van der Waals surface area contributed by atoms with E-state index in [1.54, 1.807) is 0 Å². The van der Waals surface area contributed by atoms with Crippen LogP contribution in [0.2, 0.25) is 10.0 Å². The van der Waals surface area contributed by atoms with E-state index in [9.17, 15) is 38.7 Å². The number of carbonyl (C=O) groups excluding carboxylic acids is 6. The van der Waals surface area contributed by atoms with Gasteiger partial charge in [-0.3, -0.25) is 29.0 Å². The number of alkyl carbamates (subject to hydrolysis) is 1. The lowest BCUT2D eigenvalue weighted by Gasteiger charge is -2.43. The maximum absolute atomic E-state index is 13.3. The summed E-state index contributed by atoms with van der Waals surface area (Å²) in [5.41, 5.74) is -0.195. The number of carbonyl (C=O) groups is 7. The van der Waals surface area contributed by atoms with Gasteiger partial charge >= 0.3 is 18.0 Å². The van der Waals surface area contributed by atoms with Gasteiger partial charge in [0.05, 0.1) is 29.1 Å². The number of ketones is 1. The van der Waals surface area contributed by atoms with Crippen molar-refractivity contribution in [3.63, 3.8) is 0 Å². The quantitative estimate of drug-likeness (QED) is 0.344. The average molecular weight is 601 g/mol.